The van der Waals surface area contributed by atoms with Crippen molar-refractivity contribution in [3.05, 3.63) is 0 Å². The van der Waals surface area contributed by atoms with E-state index in [0.29, 0.717) is 19.4 Å². The molecule has 0 aliphatic rings. The number of unbranched alkanes of at least 4 members (excludes halogenated alkanes) is 10. The Morgan fingerprint density at radius 1 is 0.815 bits per heavy atom. The summed E-state index contributed by atoms with van der Waals surface area (Å²) in [5.74, 6) is -0.351. The molecule has 5 nitrogen and oxygen atoms in total. The van der Waals surface area contributed by atoms with Gasteiger partial charge in [0.15, 0.2) is 0 Å². The van der Waals surface area contributed by atoms with E-state index >= 15 is 0 Å². The van der Waals surface area contributed by atoms with Crippen LogP contribution in [0.25, 0.3) is 0 Å². The monoisotopic (exact) mass is 405 g/mol. The zero-order chi connectivity index (χ0) is 20.5. The molecule has 0 aliphatic carbocycles. The molecule has 27 heavy (non-hydrogen) atoms. The Hall–Kier alpha value is -0.620. The van der Waals surface area contributed by atoms with E-state index in [1.807, 2.05) is 13.8 Å². The number of rotatable bonds is 18. The number of hydrogen-bond acceptors (Lipinski definition) is 3. The molecule has 0 heterocycles. The van der Waals surface area contributed by atoms with Gasteiger partial charge in [-0.3, -0.25) is 9.35 Å². The van der Waals surface area contributed by atoms with Gasteiger partial charge in [-0.25, -0.2) is 0 Å². The van der Waals surface area contributed by atoms with Gasteiger partial charge in [0, 0.05) is 19.0 Å². The van der Waals surface area contributed by atoms with E-state index in [4.69, 9.17) is 4.55 Å². The van der Waals surface area contributed by atoms with Gasteiger partial charge in [-0.15, -0.1) is 0 Å². The fraction of sp³-hybridized carbons (Fsp3) is 0.952. The fourth-order valence-electron chi connectivity index (χ4n) is 3.51. The Labute approximate surface area is 168 Å². The maximum absolute atomic E-state index is 12.5. The first-order valence-corrected chi connectivity index (χ1v) is 12.7. The van der Waals surface area contributed by atoms with Gasteiger partial charge in [-0.2, -0.15) is 8.42 Å². The molecule has 1 N–H and O–H groups in total. The van der Waals surface area contributed by atoms with Crippen molar-refractivity contribution in [2.75, 3.05) is 12.3 Å². The molecule has 162 valence electrons. The minimum Gasteiger partial charge on any atom is -0.339 e. The summed E-state index contributed by atoms with van der Waals surface area (Å²) in [7, 11) is -4.07. The quantitative estimate of drug-likeness (QED) is 0.238. The Morgan fingerprint density at radius 2 is 1.30 bits per heavy atom. The van der Waals surface area contributed by atoms with Crippen molar-refractivity contribution in [2.45, 2.75) is 117 Å². The molecule has 6 heteroatoms. The Kier molecular flexibility index (Phi) is 16.0. The molecule has 1 amide bonds. The van der Waals surface area contributed by atoms with Crippen LogP contribution >= 0.6 is 0 Å². The second kappa shape index (κ2) is 16.3. The molecular weight excluding hydrogens is 362 g/mol. The lowest BCUT2D eigenvalue weighted by Crippen LogP contribution is -2.44. The second-order valence-corrected chi connectivity index (χ2v) is 9.18. The first kappa shape index (κ1) is 26.4. The lowest BCUT2D eigenvalue weighted by atomic mass is 10.0. The van der Waals surface area contributed by atoms with Crippen LogP contribution in [0.3, 0.4) is 0 Å². The Balaban J connectivity index is 4.01. The topological polar surface area (TPSA) is 74.7 Å². The van der Waals surface area contributed by atoms with Crippen molar-refractivity contribution < 1.29 is 17.8 Å². The zero-order valence-electron chi connectivity index (χ0n) is 17.9. The summed E-state index contributed by atoms with van der Waals surface area (Å²) in [4.78, 5) is 14.2. The molecular formula is C21H43NO4S. The van der Waals surface area contributed by atoms with Crippen LogP contribution in [0.5, 0.6) is 0 Å². The third-order valence-electron chi connectivity index (χ3n) is 5.09. The number of nitrogens with zero attached hydrogens (tertiary/aromatic N) is 1. The van der Waals surface area contributed by atoms with Crippen LogP contribution in [-0.2, 0) is 14.9 Å². The van der Waals surface area contributed by atoms with Gasteiger partial charge in [0.05, 0.1) is 5.75 Å². The number of amides is 1. The first-order valence-electron chi connectivity index (χ1n) is 11.1. The summed E-state index contributed by atoms with van der Waals surface area (Å²) in [6.07, 6.45) is 15.4. The third-order valence-corrected chi connectivity index (χ3v) is 5.90. The van der Waals surface area contributed by atoms with Gasteiger partial charge >= 0.3 is 0 Å². The van der Waals surface area contributed by atoms with Gasteiger partial charge in [-0.1, -0.05) is 85.0 Å². The van der Waals surface area contributed by atoms with E-state index in [1.54, 1.807) is 4.90 Å². The van der Waals surface area contributed by atoms with E-state index in [0.717, 1.165) is 25.7 Å². The lowest BCUT2D eigenvalue weighted by Gasteiger charge is -2.30. The lowest BCUT2D eigenvalue weighted by molar-refractivity contribution is -0.133. The maximum atomic E-state index is 12.5. The SMILES string of the molecule is CCCCCCCCCCCCCC(=O)N(CCC)C(CC)CS(=O)(=O)O. The van der Waals surface area contributed by atoms with Crippen LogP contribution in [0.1, 0.15) is 111 Å². The smallest absolute Gasteiger partial charge is 0.266 e. The van der Waals surface area contributed by atoms with Gasteiger partial charge in [-0.05, 0) is 19.3 Å². The highest BCUT2D eigenvalue weighted by Crippen LogP contribution is 2.15. The summed E-state index contributed by atoms with van der Waals surface area (Å²) in [6, 6.07) is -0.430. The molecule has 0 spiro atoms. The highest BCUT2D eigenvalue weighted by molar-refractivity contribution is 7.85. The predicted octanol–water partition coefficient (Wildman–Crippen LogP) is 5.59. The molecule has 0 aromatic carbocycles. The van der Waals surface area contributed by atoms with Crippen molar-refractivity contribution in [1.82, 2.24) is 4.90 Å². The average Bonchev–Trinajstić information content (AvgIpc) is 2.61. The van der Waals surface area contributed by atoms with Crippen molar-refractivity contribution >= 4 is 16.0 Å². The average molecular weight is 406 g/mol. The fourth-order valence-corrected chi connectivity index (χ4v) is 4.41. The molecule has 1 unspecified atom stereocenters. The van der Waals surface area contributed by atoms with E-state index in [-0.39, 0.29) is 11.7 Å². The van der Waals surface area contributed by atoms with Gasteiger partial charge < -0.3 is 4.90 Å². The molecule has 0 radical (unpaired) electrons. The summed E-state index contributed by atoms with van der Waals surface area (Å²) >= 11 is 0. The summed E-state index contributed by atoms with van der Waals surface area (Å²) in [5.41, 5.74) is 0. The Morgan fingerprint density at radius 3 is 1.70 bits per heavy atom. The van der Waals surface area contributed by atoms with Crippen molar-refractivity contribution in [3.63, 3.8) is 0 Å². The summed E-state index contributed by atoms with van der Waals surface area (Å²) < 4.78 is 31.5. The number of hydrogen-bond donors (Lipinski definition) is 1. The minimum atomic E-state index is -4.07. The van der Waals surface area contributed by atoms with Crippen molar-refractivity contribution in [1.29, 1.82) is 0 Å². The van der Waals surface area contributed by atoms with Crippen molar-refractivity contribution in [2.24, 2.45) is 0 Å². The number of carbonyl (C=O) groups excluding carboxylic acids is 1. The molecule has 0 bridgehead atoms. The van der Waals surface area contributed by atoms with Crippen LogP contribution in [0.15, 0.2) is 0 Å². The van der Waals surface area contributed by atoms with Crippen LogP contribution < -0.4 is 0 Å². The van der Waals surface area contributed by atoms with Crippen molar-refractivity contribution in [3.8, 4) is 0 Å². The van der Waals surface area contributed by atoms with Crippen LogP contribution in [0.2, 0.25) is 0 Å². The van der Waals surface area contributed by atoms with E-state index in [2.05, 4.69) is 6.92 Å². The van der Waals surface area contributed by atoms with Gasteiger partial charge in [0.1, 0.15) is 0 Å². The minimum absolute atomic E-state index is 0.0169. The third kappa shape index (κ3) is 15.0. The second-order valence-electron chi connectivity index (χ2n) is 7.68. The first-order chi connectivity index (χ1) is 12.9. The number of carbonyl (C=O) groups is 1. The van der Waals surface area contributed by atoms with E-state index in [1.165, 1.54) is 51.4 Å². The normalized spacial score (nSPS) is 12.9. The van der Waals surface area contributed by atoms with E-state index < -0.39 is 16.2 Å². The molecule has 0 aromatic rings. The molecule has 0 aromatic heterocycles. The van der Waals surface area contributed by atoms with E-state index in [9.17, 15) is 13.2 Å². The highest BCUT2D eigenvalue weighted by Gasteiger charge is 2.25. The maximum Gasteiger partial charge on any atom is 0.266 e. The van der Waals surface area contributed by atoms with Crippen LogP contribution in [-0.4, -0.2) is 42.1 Å². The van der Waals surface area contributed by atoms with Gasteiger partial charge in [0.2, 0.25) is 5.91 Å². The molecule has 1 atom stereocenters. The van der Waals surface area contributed by atoms with Gasteiger partial charge in [0.25, 0.3) is 10.1 Å². The molecule has 0 saturated heterocycles. The molecule has 0 fully saturated rings. The molecule has 0 rings (SSSR count). The van der Waals surface area contributed by atoms with Crippen LogP contribution in [0, 0.1) is 0 Å². The summed E-state index contributed by atoms with van der Waals surface area (Å²) in [6.45, 7) is 6.62. The van der Waals surface area contributed by atoms with Crippen LogP contribution in [0.4, 0.5) is 0 Å². The highest BCUT2D eigenvalue weighted by atomic mass is 32.2. The summed E-state index contributed by atoms with van der Waals surface area (Å²) in [5, 5.41) is 0. The molecule has 0 saturated carbocycles. The Bertz CT molecular complexity index is 465. The predicted molar refractivity (Wildman–Crippen MR) is 114 cm³/mol. The largest absolute Gasteiger partial charge is 0.339 e. The molecule has 0 aliphatic heterocycles. The zero-order valence-corrected chi connectivity index (χ0v) is 18.7. The standard InChI is InChI=1S/C21H43NO4S/c1-4-7-8-9-10-11-12-13-14-15-16-17-21(23)22(18-5-2)20(6-3)19-27(24,25)26/h20H,4-19H2,1-3H3,(H,24,25,26).